The van der Waals surface area contributed by atoms with Crippen LogP contribution in [-0.2, 0) is 20.6 Å². The highest BCUT2D eigenvalue weighted by molar-refractivity contribution is 6.99. The predicted molar refractivity (Wildman–Crippen MR) is 163 cm³/mol. The number of methoxy groups -OCH3 is 1. The molecule has 0 fully saturated rings. The number of carbonyl (C=O) groups excluding carboxylic acids is 1. The normalized spacial score (nSPS) is 15.3. The van der Waals surface area contributed by atoms with Crippen molar-refractivity contribution in [3.63, 3.8) is 0 Å². The van der Waals surface area contributed by atoms with Gasteiger partial charge in [-0.3, -0.25) is 0 Å². The zero-order valence-electron chi connectivity index (χ0n) is 24.7. The maximum absolute atomic E-state index is 11.8. The van der Waals surface area contributed by atoms with E-state index in [1.165, 1.54) is 10.4 Å². The maximum atomic E-state index is 11.8. The SMILES string of the molecule is COc1ccc(CO[C@@H]([C@@H](C)C=O)[C@@H](C)C[C@@H](C)CO[Si](c2ccccc2)(c2ccccc2)C(C)(C)C)cc1. The second-order valence-electron chi connectivity index (χ2n) is 11.9. The van der Waals surface area contributed by atoms with Gasteiger partial charge in [0.1, 0.15) is 12.0 Å². The Morgan fingerprint density at radius 2 is 1.36 bits per heavy atom. The number of hydrogen-bond donors (Lipinski definition) is 0. The molecule has 3 aromatic rings. The number of carbonyl (C=O) groups is 1. The molecule has 0 spiro atoms. The van der Waals surface area contributed by atoms with Crippen LogP contribution in [0.5, 0.6) is 5.75 Å². The Morgan fingerprint density at radius 1 is 0.821 bits per heavy atom. The molecule has 0 saturated carbocycles. The van der Waals surface area contributed by atoms with Gasteiger partial charge in [-0.2, -0.15) is 0 Å². The summed E-state index contributed by atoms with van der Waals surface area (Å²) in [5.41, 5.74) is 1.06. The molecule has 4 nitrogen and oxygen atoms in total. The van der Waals surface area contributed by atoms with E-state index in [0.29, 0.717) is 19.1 Å². The Bertz CT molecular complexity index is 1090. The lowest BCUT2D eigenvalue weighted by molar-refractivity contribution is -0.118. The second-order valence-corrected chi connectivity index (χ2v) is 16.2. The average molecular weight is 547 g/mol. The first-order valence-electron chi connectivity index (χ1n) is 14.1. The molecule has 0 aliphatic rings. The van der Waals surface area contributed by atoms with Gasteiger partial charge in [0.25, 0.3) is 8.32 Å². The standard InChI is InChI=1S/C34H46O4Si/c1-26(22-27(2)33(28(3)23-35)37-25-29-18-20-30(36-7)21-19-29)24-38-39(34(4,5)6,31-14-10-8-11-15-31)32-16-12-9-13-17-32/h8-21,23,26-28,33H,22,24-25H2,1-7H3/t26-,27+,28+,33-/m1/s1. The Labute approximate surface area is 236 Å². The van der Waals surface area contributed by atoms with Gasteiger partial charge in [-0.1, -0.05) is 114 Å². The number of hydrogen-bond acceptors (Lipinski definition) is 4. The maximum Gasteiger partial charge on any atom is 0.261 e. The van der Waals surface area contributed by atoms with Gasteiger partial charge < -0.3 is 18.7 Å². The molecule has 210 valence electrons. The zero-order chi connectivity index (χ0) is 28.5. The summed E-state index contributed by atoms with van der Waals surface area (Å²) in [7, 11) is -0.924. The fourth-order valence-corrected chi connectivity index (χ4v) is 10.4. The average Bonchev–Trinajstić information content (AvgIpc) is 2.94. The van der Waals surface area contributed by atoms with E-state index in [9.17, 15) is 4.79 Å². The van der Waals surface area contributed by atoms with E-state index in [0.717, 1.165) is 24.0 Å². The molecule has 0 aliphatic heterocycles. The summed E-state index contributed by atoms with van der Waals surface area (Å²) in [6.45, 7) is 14.4. The molecule has 39 heavy (non-hydrogen) atoms. The summed E-state index contributed by atoms with van der Waals surface area (Å²) in [5, 5.41) is 2.52. The van der Waals surface area contributed by atoms with Gasteiger partial charge >= 0.3 is 0 Å². The topological polar surface area (TPSA) is 44.8 Å². The summed E-state index contributed by atoms with van der Waals surface area (Å²) in [5.74, 6) is 1.12. The monoisotopic (exact) mass is 546 g/mol. The molecular formula is C34H46O4Si. The van der Waals surface area contributed by atoms with E-state index in [2.05, 4.69) is 95.3 Å². The van der Waals surface area contributed by atoms with E-state index in [1.54, 1.807) is 7.11 Å². The van der Waals surface area contributed by atoms with Crippen LogP contribution in [0, 0.1) is 17.8 Å². The molecule has 0 unspecified atom stereocenters. The van der Waals surface area contributed by atoms with E-state index in [-0.39, 0.29) is 23.0 Å². The molecule has 0 bridgehead atoms. The molecule has 0 aromatic heterocycles. The van der Waals surface area contributed by atoms with Gasteiger partial charge in [0.05, 0.1) is 19.8 Å². The molecule has 0 aliphatic carbocycles. The van der Waals surface area contributed by atoms with Crippen molar-refractivity contribution >= 4 is 25.0 Å². The van der Waals surface area contributed by atoms with Crippen molar-refractivity contribution in [2.45, 2.75) is 65.7 Å². The van der Waals surface area contributed by atoms with Crippen molar-refractivity contribution in [3.8, 4) is 5.75 Å². The van der Waals surface area contributed by atoms with Crippen molar-refractivity contribution < 1.29 is 18.7 Å². The fraction of sp³-hybridized carbons (Fsp3) is 0.441. The minimum absolute atomic E-state index is 0.0584. The van der Waals surface area contributed by atoms with Gasteiger partial charge in [0, 0.05) is 12.5 Å². The van der Waals surface area contributed by atoms with Crippen LogP contribution in [-0.4, -0.2) is 34.4 Å². The number of ether oxygens (including phenoxy) is 2. The molecule has 0 N–H and O–H groups in total. The van der Waals surface area contributed by atoms with Crippen LogP contribution in [0.4, 0.5) is 0 Å². The van der Waals surface area contributed by atoms with Crippen molar-refractivity contribution in [1.82, 2.24) is 0 Å². The summed E-state index contributed by atoms with van der Waals surface area (Å²) in [6.07, 6.45) is 1.75. The van der Waals surface area contributed by atoms with Gasteiger partial charge in [0.2, 0.25) is 0 Å². The highest BCUT2D eigenvalue weighted by Crippen LogP contribution is 2.37. The highest BCUT2D eigenvalue weighted by atomic mass is 28.4. The van der Waals surface area contributed by atoms with E-state index >= 15 is 0 Å². The molecule has 0 radical (unpaired) electrons. The smallest absolute Gasteiger partial charge is 0.261 e. The summed E-state index contributed by atoms with van der Waals surface area (Å²) >= 11 is 0. The third kappa shape index (κ3) is 7.68. The minimum Gasteiger partial charge on any atom is -0.497 e. The molecule has 5 heteroatoms. The second kappa shape index (κ2) is 14.1. The van der Waals surface area contributed by atoms with Crippen molar-refractivity contribution in [2.24, 2.45) is 17.8 Å². The Hall–Kier alpha value is -2.73. The first kappa shape index (κ1) is 30.8. The van der Waals surface area contributed by atoms with Crippen LogP contribution in [0.2, 0.25) is 5.04 Å². The highest BCUT2D eigenvalue weighted by Gasteiger charge is 2.50. The Balaban J connectivity index is 1.76. The minimum atomic E-state index is -2.58. The third-order valence-corrected chi connectivity index (χ3v) is 12.7. The lowest BCUT2D eigenvalue weighted by Gasteiger charge is -2.43. The number of benzene rings is 3. The van der Waals surface area contributed by atoms with Crippen LogP contribution >= 0.6 is 0 Å². The van der Waals surface area contributed by atoms with Crippen LogP contribution < -0.4 is 15.1 Å². The number of aldehydes is 1. The fourth-order valence-electron chi connectivity index (χ4n) is 5.69. The van der Waals surface area contributed by atoms with Crippen LogP contribution in [0.1, 0.15) is 53.5 Å². The van der Waals surface area contributed by atoms with E-state index in [4.69, 9.17) is 13.9 Å². The van der Waals surface area contributed by atoms with Gasteiger partial charge in [-0.05, 0) is 51.4 Å². The first-order chi connectivity index (χ1) is 18.6. The van der Waals surface area contributed by atoms with Gasteiger partial charge in [-0.25, -0.2) is 0 Å². The van der Waals surface area contributed by atoms with Crippen molar-refractivity contribution in [3.05, 3.63) is 90.5 Å². The van der Waals surface area contributed by atoms with Crippen molar-refractivity contribution in [1.29, 1.82) is 0 Å². The van der Waals surface area contributed by atoms with E-state index < -0.39 is 8.32 Å². The van der Waals surface area contributed by atoms with Gasteiger partial charge in [0.15, 0.2) is 0 Å². The lowest BCUT2D eigenvalue weighted by Crippen LogP contribution is -2.66. The Kier molecular flexibility index (Phi) is 11.1. The quantitative estimate of drug-likeness (QED) is 0.168. The molecule has 3 aromatic carbocycles. The van der Waals surface area contributed by atoms with Crippen molar-refractivity contribution in [2.75, 3.05) is 13.7 Å². The molecule has 4 atom stereocenters. The first-order valence-corrected chi connectivity index (χ1v) is 16.0. The molecular weight excluding hydrogens is 500 g/mol. The molecule has 0 heterocycles. The van der Waals surface area contributed by atoms with Crippen LogP contribution in [0.15, 0.2) is 84.9 Å². The number of rotatable bonds is 14. The van der Waals surface area contributed by atoms with Crippen LogP contribution in [0.3, 0.4) is 0 Å². The third-order valence-electron chi connectivity index (χ3n) is 7.67. The van der Waals surface area contributed by atoms with Gasteiger partial charge in [-0.15, -0.1) is 0 Å². The largest absolute Gasteiger partial charge is 0.497 e. The molecule has 0 saturated heterocycles. The zero-order valence-corrected chi connectivity index (χ0v) is 25.7. The molecule has 3 rings (SSSR count). The van der Waals surface area contributed by atoms with E-state index in [1.807, 2.05) is 31.2 Å². The lowest BCUT2D eigenvalue weighted by atomic mass is 9.87. The summed E-state index contributed by atoms with van der Waals surface area (Å²) in [4.78, 5) is 11.8. The van der Waals surface area contributed by atoms with Crippen LogP contribution in [0.25, 0.3) is 0 Å². The molecule has 0 amide bonds. The summed E-state index contributed by atoms with van der Waals surface area (Å²) < 4.78 is 18.8. The Morgan fingerprint density at radius 3 is 1.82 bits per heavy atom. The summed E-state index contributed by atoms with van der Waals surface area (Å²) in [6, 6.07) is 29.4. The predicted octanol–water partition coefficient (Wildman–Crippen LogP) is 6.65.